The van der Waals surface area contributed by atoms with Crippen molar-refractivity contribution in [3.63, 3.8) is 0 Å². The van der Waals surface area contributed by atoms with Crippen LogP contribution in [0.3, 0.4) is 0 Å². The summed E-state index contributed by atoms with van der Waals surface area (Å²) in [5, 5.41) is 3.39. The summed E-state index contributed by atoms with van der Waals surface area (Å²) in [6.45, 7) is 0.905. The van der Waals surface area contributed by atoms with Crippen LogP contribution in [0.4, 0.5) is 0 Å². The maximum absolute atomic E-state index is 5.93. The minimum atomic E-state index is 0. The van der Waals surface area contributed by atoms with Gasteiger partial charge in [-0.25, -0.2) is 0 Å². The van der Waals surface area contributed by atoms with E-state index in [-0.39, 0.29) is 24.0 Å². The molecule has 4 heteroatoms. The van der Waals surface area contributed by atoms with Crippen molar-refractivity contribution < 1.29 is 0 Å². The number of hydrogen-bond acceptors (Lipinski definition) is 1. The van der Waals surface area contributed by atoms with E-state index >= 15 is 0 Å². The molecule has 0 radical (unpaired) electrons. The zero-order valence-electron chi connectivity index (χ0n) is 11.4. The molecule has 0 aromatic rings. The number of halogens is 1. The van der Waals surface area contributed by atoms with E-state index in [2.05, 4.69) is 10.3 Å². The topological polar surface area (TPSA) is 50.4 Å². The van der Waals surface area contributed by atoms with Crippen LogP contribution in [0.1, 0.15) is 64.2 Å². The van der Waals surface area contributed by atoms with Crippen LogP contribution in [-0.2, 0) is 0 Å². The Morgan fingerprint density at radius 2 is 1.72 bits per heavy atom. The third-order valence-corrected chi connectivity index (χ3v) is 3.96. The SMILES string of the molecule is I.NC(=NCCCC1CC1)NC1CCCCCC1. The predicted molar refractivity (Wildman–Crippen MR) is 88.5 cm³/mol. The lowest BCUT2D eigenvalue weighted by Gasteiger charge is -2.16. The standard InChI is InChI=1S/C14H27N3.HI/c15-14(16-11-5-6-12-9-10-12)17-13-7-3-1-2-4-8-13;/h12-13H,1-11H2,(H3,15,16,17);1H. The zero-order chi connectivity index (χ0) is 11.9. The molecule has 2 aliphatic rings. The molecule has 0 spiro atoms. The lowest BCUT2D eigenvalue weighted by atomic mass is 10.1. The summed E-state index contributed by atoms with van der Waals surface area (Å²) in [6.07, 6.45) is 13.4. The summed E-state index contributed by atoms with van der Waals surface area (Å²) < 4.78 is 0. The molecule has 0 bridgehead atoms. The number of nitrogens with zero attached hydrogens (tertiary/aromatic N) is 1. The Morgan fingerprint density at radius 1 is 1.06 bits per heavy atom. The fourth-order valence-electron chi connectivity index (χ4n) is 2.66. The minimum absolute atomic E-state index is 0. The molecule has 106 valence electrons. The molecule has 2 rings (SSSR count). The van der Waals surface area contributed by atoms with Crippen LogP contribution in [-0.4, -0.2) is 18.5 Å². The highest BCUT2D eigenvalue weighted by Crippen LogP contribution is 2.33. The Morgan fingerprint density at radius 3 is 2.33 bits per heavy atom. The second-order valence-electron chi connectivity index (χ2n) is 5.69. The van der Waals surface area contributed by atoms with Crippen LogP contribution in [0.25, 0.3) is 0 Å². The summed E-state index contributed by atoms with van der Waals surface area (Å²) in [7, 11) is 0. The summed E-state index contributed by atoms with van der Waals surface area (Å²) in [5.41, 5.74) is 5.93. The van der Waals surface area contributed by atoms with Crippen molar-refractivity contribution in [1.29, 1.82) is 0 Å². The Bertz CT molecular complexity index is 243. The van der Waals surface area contributed by atoms with Gasteiger partial charge in [-0.15, -0.1) is 24.0 Å². The maximum Gasteiger partial charge on any atom is 0.188 e. The lowest BCUT2D eigenvalue weighted by Crippen LogP contribution is -2.39. The molecule has 0 atom stereocenters. The third-order valence-electron chi connectivity index (χ3n) is 3.96. The first-order chi connectivity index (χ1) is 8.34. The molecule has 0 amide bonds. The summed E-state index contributed by atoms with van der Waals surface area (Å²) in [5.74, 6) is 1.69. The van der Waals surface area contributed by atoms with Crippen molar-refractivity contribution in [2.75, 3.05) is 6.54 Å². The fraction of sp³-hybridized carbons (Fsp3) is 0.929. The Hall–Kier alpha value is 0. The molecule has 3 nitrogen and oxygen atoms in total. The van der Waals surface area contributed by atoms with Gasteiger partial charge in [0.1, 0.15) is 0 Å². The van der Waals surface area contributed by atoms with Crippen molar-refractivity contribution in [2.45, 2.75) is 70.3 Å². The molecular weight excluding hydrogens is 337 g/mol. The molecule has 0 saturated heterocycles. The minimum Gasteiger partial charge on any atom is -0.370 e. The lowest BCUT2D eigenvalue weighted by molar-refractivity contribution is 0.529. The normalized spacial score (nSPS) is 22.1. The van der Waals surface area contributed by atoms with E-state index in [1.54, 1.807) is 0 Å². The number of nitrogens with two attached hydrogens (primary N) is 1. The van der Waals surface area contributed by atoms with Gasteiger partial charge in [0.2, 0.25) is 0 Å². The molecule has 2 saturated carbocycles. The second kappa shape index (κ2) is 8.99. The summed E-state index contributed by atoms with van der Waals surface area (Å²) >= 11 is 0. The van der Waals surface area contributed by atoms with Gasteiger partial charge >= 0.3 is 0 Å². The highest BCUT2D eigenvalue weighted by atomic mass is 127. The van der Waals surface area contributed by atoms with Gasteiger partial charge in [-0.05, 0) is 31.6 Å². The predicted octanol–water partition coefficient (Wildman–Crippen LogP) is 3.42. The van der Waals surface area contributed by atoms with Gasteiger partial charge in [0, 0.05) is 12.6 Å². The Kier molecular flexibility index (Phi) is 8.02. The van der Waals surface area contributed by atoms with Gasteiger partial charge in [0.15, 0.2) is 5.96 Å². The monoisotopic (exact) mass is 365 g/mol. The van der Waals surface area contributed by atoms with Crippen molar-refractivity contribution in [3.05, 3.63) is 0 Å². The highest BCUT2D eigenvalue weighted by molar-refractivity contribution is 14.0. The molecule has 18 heavy (non-hydrogen) atoms. The molecule has 2 fully saturated rings. The van der Waals surface area contributed by atoms with Gasteiger partial charge in [0.25, 0.3) is 0 Å². The number of hydrogen-bond donors (Lipinski definition) is 2. The fourth-order valence-corrected chi connectivity index (χ4v) is 2.66. The maximum atomic E-state index is 5.93. The molecule has 0 heterocycles. The van der Waals surface area contributed by atoms with Gasteiger partial charge in [-0.1, -0.05) is 38.5 Å². The van der Waals surface area contributed by atoms with E-state index in [1.165, 1.54) is 64.2 Å². The second-order valence-corrected chi connectivity index (χ2v) is 5.69. The number of nitrogens with one attached hydrogen (secondary N) is 1. The average molecular weight is 365 g/mol. The Balaban J connectivity index is 0.00000162. The van der Waals surface area contributed by atoms with Crippen molar-refractivity contribution in [2.24, 2.45) is 16.6 Å². The first kappa shape index (κ1) is 16.1. The molecule has 0 aromatic carbocycles. The molecular formula is C14H28IN3. The van der Waals surface area contributed by atoms with E-state index in [4.69, 9.17) is 5.73 Å². The quantitative estimate of drug-likeness (QED) is 0.258. The molecule has 0 aromatic heterocycles. The largest absolute Gasteiger partial charge is 0.370 e. The van der Waals surface area contributed by atoms with Gasteiger partial charge < -0.3 is 11.1 Å². The van der Waals surface area contributed by atoms with Crippen LogP contribution in [0.5, 0.6) is 0 Å². The summed E-state index contributed by atoms with van der Waals surface area (Å²) in [4.78, 5) is 4.43. The number of guanidine groups is 1. The van der Waals surface area contributed by atoms with Crippen LogP contribution < -0.4 is 11.1 Å². The van der Waals surface area contributed by atoms with Gasteiger partial charge in [0.05, 0.1) is 0 Å². The van der Waals surface area contributed by atoms with Crippen molar-refractivity contribution in [3.8, 4) is 0 Å². The number of aliphatic imine (C=N–C) groups is 1. The van der Waals surface area contributed by atoms with E-state index in [0.717, 1.165) is 12.5 Å². The first-order valence-electron chi connectivity index (χ1n) is 7.41. The van der Waals surface area contributed by atoms with Gasteiger partial charge in [-0.2, -0.15) is 0 Å². The Labute approximate surface area is 128 Å². The van der Waals surface area contributed by atoms with Crippen molar-refractivity contribution >= 4 is 29.9 Å². The van der Waals surface area contributed by atoms with E-state index in [1.807, 2.05) is 0 Å². The molecule has 2 aliphatic carbocycles. The van der Waals surface area contributed by atoms with Crippen LogP contribution in [0, 0.1) is 5.92 Å². The van der Waals surface area contributed by atoms with E-state index in [0.29, 0.717) is 12.0 Å². The number of rotatable bonds is 5. The summed E-state index contributed by atoms with van der Waals surface area (Å²) in [6, 6.07) is 0.574. The third kappa shape index (κ3) is 6.81. The van der Waals surface area contributed by atoms with Crippen LogP contribution in [0.15, 0.2) is 4.99 Å². The van der Waals surface area contributed by atoms with Gasteiger partial charge in [-0.3, -0.25) is 4.99 Å². The highest BCUT2D eigenvalue weighted by Gasteiger charge is 2.19. The average Bonchev–Trinajstić information content (AvgIpc) is 3.12. The van der Waals surface area contributed by atoms with E-state index < -0.39 is 0 Å². The molecule has 0 unspecified atom stereocenters. The smallest absolute Gasteiger partial charge is 0.188 e. The van der Waals surface area contributed by atoms with Crippen molar-refractivity contribution in [1.82, 2.24) is 5.32 Å². The van der Waals surface area contributed by atoms with Crippen LogP contribution >= 0.6 is 24.0 Å². The molecule has 0 aliphatic heterocycles. The molecule has 3 N–H and O–H groups in total. The zero-order valence-corrected chi connectivity index (χ0v) is 13.7. The van der Waals surface area contributed by atoms with E-state index in [9.17, 15) is 0 Å². The first-order valence-corrected chi connectivity index (χ1v) is 7.41. The van der Waals surface area contributed by atoms with Crippen LogP contribution in [0.2, 0.25) is 0 Å².